The van der Waals surface area contributed by atoms with E-state index in [1.165, 1.54) is 12.1 Å². The number of nitrogen functional groups attached to an aromatic ring is 1. The number of benzene rings is 1. The minimum atomic E-state index is -3.31. The summed E-state index contributed by atoms with van der Waals surface area (Å²) in [7, 11) is 0.419. The predicted octanol–water partition coefficient (Wildman–Crippen LogP) is 3.64. The van der Waals surface area contributed by atoms with Gasteiger partial charge in [0.1, 0.15) is 22.3 Å². The molecule has 1 saturated carbocycles. The Morgan fingerprint density at radius 2 is 1.75 bits per heavy atom. The molecule has 1 aromatic heterocycles. The van der Waals surface area contributed by atoms with Gasteiger partial charge in [-0.1, -0.05) is 25.2 Å². The summed E-state index contributed by atoms with van der Waals surface area (Å²) in [6, 6.07) is 2.28. The summed E-state index contributed by atoms with van der Waals surface area (Å²) in [4.78, 5) is 19.0. The molecule has 36 heavy (non-hydrogen) atoms. The summed E-state index contributed by atoms with van der Waals surface area (Å²) < 4.78 is 56.6. The number of anilines is 2. The van der Waals surface area contributed by atoms with Crippen molar-refractivity contribution in [2.24, 2.45) is 5.92 Å². The van der Waals surface area contributed by atoms with Gasteiger partial charge in [-0.25, -0.2) is 26.9 Å². The van der Waals surface area contributed by atoms with E-state index in [0.717, 1.165) is 11.3 Å². The van der Waals surface area contributed by atoms with Gasteiger partial charge in [-0.05, 0) is 69.8 Å². The van der Waals surface area contributed by atoms with Crippen molar-refractivity contribution in [2.75, 3.05) is 37.4 Å². The fraction of sp³-hybridized carbons (Fsp3) is 0.583. The summed E-state index contributed by atoms with van der Waals surface area (Å²) in [6.45, 7) is 4.35. The van der Waals surface area contributed by atoms with Crippen LogP contribution in [0.2, 0.25) is 0 Å². The second-order valence-electron chi connectivity index (χ2n) is 10.0. The number of hydrogen-bond donors (Lipinski definition) is 3. The van der Waals surface area contributed by atoms with Crippen LogP contribution in [0.1, 0.15) is 60.3 Å². The third-order valence-electron chi connectivity index (χ3n) is 5.99. The van der Waals surface area contributed by atoms with E-state index in [0.29, 0.717) is 49.3 Å². The minimum absolute atomic E-state index is 0.0218. The number of sulfonamides is 1. The number of aromatic nitrogens is 1. The average molecular weight is 544 g/mol. The molecule has 1 aromatic carbocycles. The SMILES string of the molecule is CC(C)CS(=O)(=O)NC1CCC(Nc2nc(N)c(C(=O)c3c(F)cc(CCN(C)C)cc3F)s2)CC1. The number of carbonyl (C=O) groups excluding carboxylic acids is 1. The van der Waals surface area contributed by atoms with Crippen molar-refractivity contribution in [3.63, 3.8) is 0 Å². The maximum atomic E-state index is 14.7. The molecule has 8 nitrogen and oxygen atoms in total. The van der Waals surface area contributed by atoms with Crippen LogP contribution >= 0.6 is 11.3 Å². The van der Waals surface area contributed by atoms with E-state index >= 15 is 0 Å². The fourth-order valence-corrected chi connectivity index (χ4v) is 6.91. The first-order chi connectivity index (χ1) is 16.8. The molecule has 0 aliphatic heterocycles. The Morgan fingerprint density at radius 1 is 1.17 bits per heavy atom. The van der Waals surface area contributed by atoms with Crippen LogP contribution < -0.4 is 15.8 Å². The van der Waals surface area contributed by atoms with E-state index in [2.05, 4.69) is 15.0 Å². The van der Waals surface area contributed by atoms with E-state index in [-0.39, 0.29) is 34.4 Å². The molecule has 2 aromatic rings. The van der Waals surface area contributed by atoms with Gasteiger partial charge in [-0.15, -0.1) is 0 Å². The zero-order valence-corrected chi connectivity index (χ0v) is 22.7. The number of nitrogens with one attached hydrogen (secondary N) is 2. The van der Waals surface area contributed by atoms with E-state index < -0.39 is 33.0 Å². The van der Waals surface area contributed by atoms with Crippen molar-refractivity contribution >= 4 is 38.1 Å². The standard InChI is InChI=1S/C24H35F2N5O3S2/c1-14(2)13-36(33,34)30-17-7-5-16(6-8-17)28-24-29-23(27)22(35-24)21(32)20-18(25)11-15(12-19(20)26)9-10-31(3)4/h11-12,14,16-17,30H,5-10,13,27H2,1-4H3,(H,28,29). The minimum Gasteiger partial charge on any atom is -0.382 e. The zero-order valence-electron chi connectivity index (χ0n) is 21.1. The normalized spacial score (nSPS) is 18.7. The first-order valence-corrected chi connectivity index (χ1v) is 14.5. The molecule has 0 bridgehead atoms. The third-order valence-corrected chi connectivity index (χ3v) is 8.79. The second kappa shape index (κ2) is 11.9. The quantitative estimate of drug-likeness (QED) is 0.371. The van der Waals surface area contributed by atoms with E-state index in [9.17, 15) is 22.0 Å². The van der Waals surface area contributed by atoms with Crippen molar-refractivity contribution in [2.45, 2.75) is 58.0 Å². The lowest BCUT2D eigenvalue weighted by molar-refractivity contribution is 0.103. The molecular formula is C24H35F2N5O3S2. The summed E-state index contributed by atoms with van der Waals surface area (Å²) in [6.07, 6.45) is 3.19. The lowest BCUT2D eigenvalue weighted by atomic mass is 9.92. The molecule has 0 spiro atoms. The van der Waals surface area contributed by atoms with Gasteiger partial charge in [0.15, 0.2) is 5.13 Å². The molecule has 1 aliphatic rings. The Labute approximate surface area is 215 Å². The summed E-state index contributed by atoms with van der Waals surface area (Å²) in [5, 5.41) is 3.63. The Kier molecular flexibility index (Phi) is 9.42. The fourth-order valence-electron chi connectivity index (χ4n) is 4.28. The molecular weight excluding hydrogens is 508 g/mol. The van der Waals surface area contributed by atoms with Crippen LogP contribution in [0.3, 0.4) is 0 Å². The summed E-state index contributed by atoms with van der Waals surface area (Å²) in [5.74, 6) is -2.62. The van der Waals surface area contributed by atoms with Crippen LogP contribution in [0.5, 0.6) is 0 Å². The molecule has 1 fully saturated rings. The third kappa shape index (κ3) is 7.67. The molecule has 0 saturated heterocycles. The van der Waals surface area contributed by atoms with Gasteiger partial charge < -0.3 is 16.0 Å². The highest BCUT2D eigenvalue weighted by molar-refractivity contribution is 7.89. The second-order valence-corrected chi connectivity index (χ2v) is 12.8. The highest BCUT2D eigenvalue weighted by atomic mass is 32.2. The van der Waals surface area contributed by atoms with E-state index in [1.807, 2.05) is 32.8 Å². The Hall–Kier alpha value is -2.15. The molecule has 12 heteroatoms. The lowest BCUT2D eigenvalue weighted by Crippen LogP contribution is -2.41. The van der Waals surface area contributed by atoms with Crippen LogP contribution in [0.4, 0.5) is 19.7 Å². The first kappa shape index (κ1) is 28.4. The molecule has 3 rings (SSSR count). The van der Waals surface area contributed by atoms with Crippen molar-refractivity contribution in [3.8, 4) is 0 Å². The van der Waals surface area contributed by atoms with Crippen molar-refractivity contribution in [1.82, 2.24) is 14.6 Å². The van der Waals surface area contributed by atoms with Crippen LogP contribution in [0.15, 0.2) is 12.1 Å². The van der Waals surface area contributed by atoms with Gasteiger partial charge >= 0.3 is 0 Å². The number of halogens is 2. The van der Waals surface area contributed by atoms with Crippen LogP contribution in [0, 0.1) is 17.6 Å². The topological polar surface area (TPSA) is 117 Å². The van der Waals surface area contributed by atoms with Gasteiger partial charge in [0.2, 0.25) is 15.8 Å². The summed E-state index contributed by atoms with van der Waals surface area (Å²) >= 11 is 0.961. The smallest absolute Gasteiger partial charge is 0.212 e. The first-order valence-electron chi connectivity index (χ1n) is 12.0. The van der Waals surface area contributed by atoms with Crippen LogP contribution in [-0.2, 0) is 16.4 Å². The van der Waals surface area contributed by atoms with Gasteiger partial charge in [-0.2, -0.15) is 0 Å². The molecule has 1 heterocycles. The number of likely N-dealkylation sites (N-methyl/N-ethyl adjacent to an activating group) is 1. The maximum absolute atomic E-state index is 14.7. The monoisotopic (exact) mass is 543 g/mol. The number of rotatable bonds is 11. The molecule has 0 atom stereocenters. The van der Waals surface area contributed by atoms with Crippen LogP contribution in [0.25, 0.3) is 0 Å². The molecule has 0 amide bonds. The van der Waals surface area contributed by atoms with Gasteiger partial charge in [-0.3, -0.25) is 4.79 Å². The predicted molar refractivity (Wildman–Crippen MR) is 140 cm³/mol. The summed E-state index contributed by atoms with van der Waals surface area (Å²) in [5.41, 5.74) is 5.77. The molecule has 0 radical (unpaired) electrons. The van der Waals surface area contributed by atoms with Gasteiger partial charge in [0.25, 0.3) is 0 Å². The number of ketones is 1. The maximum Gasteiger partial charge on any atom is 0.212 e. The Balaban J connectivity index is 1.63. The van der Waals surface area contributed by atoms with E-state index in [1.54, 1.807) is 0 Å². The zero-order chi connectivity index (χ0) is 26.6. The highest BCUT2D eigenvalue weighted by Crippen LogP contribution is 2.32. The molecule has 1 aliphatic carbocycles. The van der Waals surface area contributed by atoms with Crippen molar-refractivity contribution < 1.29 is 22.0 Å². The molecule has 0 unspecified atom stereocenters. The largest absolute Gasteiger partial charge is 0.382 e. The number of nitrogens with zero attached hydrogens (tertiary/aromatic N) is 2. The lowest BCUT2D eigenvalue weighted by Gasteiger charge is -2.29. The van der Waals surface area contributed by atoms with Crippen molar-refractivity contribution in [3.05, 3.63) is 39.8 Å². The Morgan fingerprint density at radius 3 is 2.31 bits per heavy atom. The van der Waals surface area contributed by atoms with Crippen LogP contribution in [-0.4, -0.2) is 62.6 Å². The van der Waals surface area contributed by atoms with E-state index in [4.69, 9.17) is 5.73 Å². The molecule has 200 valence electrons. The highest BCUT2D eigenvalue weighted by Gasteiger charge is 2.28. The average Bonchev–Trinajstić information content (AvgIpc) is 3.12. The number of thiazole rings is 1. The molecule has 4 N–H and O–H groups in total. The Bertz CT molecular complexity index is 1150. The number of carbonyl (C=O) groups is 1. The van der Waals surface area contributed by atoms with Crippen molar-refractivity contribution in [1.29, 1.82) is 0 Å². The van der Waals surface area contributed by atoms with Gasteiger partial charge in [0, 0.05) is 18.6 Å². The number of nitrogens with two attached hydrogens (primary N) is 1. The van der Waals surface area contributed by atoms with Gasteiger partial charge in [0.05, 0.1) is 11.3 Å². The number of hydrogen-bond acceptors (Lipinski definition) is 8.